The molecule has 0 aromatic rings. The van der Waals surface area contributed by atoms with Crippen molar-refractivity contribution < 1.29 is 0 Å². The molecule has 102 valence electrons. The molecule has 1 heteroatoms. The zero-order chi connectivity index (χ0) is 14.0. The second-order valence-electron chi connectivity index (χ2n) is 8.11. The summed E-state index contributed by atoms with van der Waals surface area (Å²) in [5.41, 5.74) is 0.356. The van der Waals surface area contributed by atoms with E-state index in [0.29, 0.717) is 5.41 Å². The molecule has 0 N–H and O–H groups in total. The number of nitrogens with zero attached hydrogens (tertiary/aromatic N) is 1. The van der Waals surface area contributed by atoms with E-state index >= 15 is 0 Å². The molecular formula is C17H29N. The predicted molar refractivity (Wildman–Crippen MR) is 78.1 cm³/mol. The molecule has 1 aliphatic rings. The lowest BCUT2D eigenvalue weighted by Crippen LogP contribution is -2.30. The third-order valence-corrected chi connectivity index (χ3v) is 4.23. The fourth-order valence-electron chi connectivity index (χ4n) is 2.72. The highest BCUT2D eigenvalue weighted by atomic mass is 14.4. The monoisotopic (exact) mass is 247 g/mol. The van der Waals surface area contributed by atoms with Gasteiger partial charge in [-0.15, -0.1) is 0 Å². The van der Waals surface area contributed by atoms with Gasteiger partial charge in [-0.2, -0.15) is 5.26 Å². The van der Waals surface area contributed by atoms with Gasteiger partial charge in [0.25, 0.3) is 0 Å². The van der Waals surface area contributed by atoms with Gasteiger partial charge in [-0.3, -0.25) is 0 Å². The Bertz CT molecular complexity index is 335. The molecule has 0 heterocycles. The van der Waals surface area contributed by atoms with Crippen molar-refractivity contribution in [3.63, 3.8) is 0 Å². The molecule has 0 saturated heterocycles. The Balaban J connectivity index is 2.73. The van der Waals surface area contributed by atoms with E-state index < -0.39 is 0 Å². The Morgan fingerprint density at radius 2 is 1.56 bits per heavy atom. The highest BCUT2D eigenvalue weighted by molar-refractivity contribution is 5.16. The van der Waals surface area contributed by atoms with Crippen LogP contribution in [0.1, 0.15) is 67.2 Å². The van der Waals surface area contributed by atoms with E-state index in [1.165, 1.54) is 12.8 Å². The normalized spacial score (nSPS) is 30.4. The summed E-state index contributed by atoms with van der Waals surface area (Å²) in [6.45, 7) is 13.5. The van der Waals surface area contributed by atoms with Gasteiger partial charge >= 0.3 is 0 Å². The SMILES string of the molecule is CC(C)(C)/C=C\C1(C#N)CCC(C(C)(C)C)CC1. The van der Waals surface area contributed by atoms with Gasteiger partial charge in [0.15, 0.2) is 0 Å². The van der Waals surface area contributed by atoms with E-state index in [-0.39, 0.29) is 10.8 Å². The molecular weight excluding hydrogens is 218 g/mol. The van der Waals surface area contributed by atoms with Gasteiger partial charge in [0.2, 0.25) is 0 Å². The minimum atomic E-state index is -0.199. The molecule has 0 aliphatic heterocycles. The Labute approximate surface area is 113 Å². The van der Waals surface area contributed by atoms with Crippen LogP contribution in [0.15, 0.2) is 12.2 Å². The van der Waals surface area contributed by atoms with Gasteiger partial charge in [-0.1, -0.05) is 53.7 Å². The summed E-state index contributed by atoms with van der Waals surface area (Å²) in [6.07, 6.45) is 8.83. The molecule has 0 radical (unpaired) electrons. The number of allylic oxidation sites excluding steroid dienone is 2. The molecule has 0 aromatic carbocycles. The Morgan fingerprint density at radius 1 is 1.06 bits per heavy atom. The average Bonchev–Trinajstić information content (AvgIpc) is 2.25. The summed E-state index contributed by atoms with van der Waals surface area (Å²) in [4.78, 5) is 0. The molecule has 1 nitrogen and oxygen atoms in total. The van der Waals surface area contributed by atoms with Crippen LogP contribution in [0.2, 0.25) is 0 Å². The molecule has 1 saturated carbocycles. The van der Waals surface area contributed by atoms with E-state index in [2.05, 4.69) is 59.8 Å². The lowest BCUT2D eigenvalue weighted by atomic mass is 9.64. The van der Waals surface area contributed by atoms with E-state index in [0.717, 1.165) is 18.8 Å². The predicted octanol–water partition coefficient (Wildman–Crippen LogP) is 5.33. The van der Waals surface area contributed by atoms with E-state index in [1.807, 2.05) is 0 Å². The molecule has 0 bridgehead atoms. The molecule has 18 heavy (non-hydrogen) atoms. The number of hydrogen-bond acceptors (Lipinski definition) is 1. The Kier molecular flexibility index (Phi) is 4.31. The topological polar surface area (TPSA) is 23.8 Å². The molecule has 1 fully saturated rings. The second-order valence-corrected chi connectivity index (χ2v) is 8.11. The average molecular weight is 247 g/mol. The van der Waals surface area contributed by atoms with Gasteiger partial charge in [0, 0.05) is 0 Å². The van der Waals surface area contributed by atoms with Crippen LogP contribution < -0.4 is 0 Å². The van der Waals surface area contributed by atoms with Gasteiger partial charge in [0.1, 0.15) is 0 Å². The number of hydrogen-bond donors (Lipinski definition) is 0. The lowest BCUT2D eigenvalue weighted by Gasteiger charge is -2.39. The summed E-state index contributed by atoms with van der Waals surface area (Å²) in [7, 11) is 0. The van der Waals surface area contributed by atoms with Crippen LogP contribution in [0.3, 0.4) is 0 Å². The van der Waals surface area contributed by atoms with Crippen molar-refractivity contribution in [2.45, 2.75) is 67.2 Å². The third-order valence-electron chi connectivity index (χ3n) is 4.23. The molecule has 0 atom stereocenters. The number of rotatable bonds is 1. The fraction of sp³-hybridized carbons (Fsp3) is 0.824. The maximum Gasteiger partial charge on any atom is 0.0754 e. The summed E-state index contributed by atoms with van der Waals surface area (Å²) in [5, 5.41) is 9.53. The van der Waals surface area contributed by atoms with Crippen molar-refractivity contribution in [2.24, 2.45) is 22.2 Å². The van der Waals surface area contributed by atoms with E-state index in [9.17, 15) is 5.26 Å². The van der Waals surface area contributed by atoms with Crippen LogP contribution in [0.5, 0.6) is 0 Å². The molecule has 0 spiro atoms. The van der Waals surface area contributed by atoms with Crippen molar-refractivity contribution in [3.05, 3.63) is 12.2 Å². The van der Waals surface area contributed by atoms with Crippen molar-refractivity contribution in [3.8, 4) is 6.07 Å². The summed E-state index contributed by atoms with van der Waals surface area (Å²) >= 11 is 0. The van der Waals surface area contributed by atoms with Gasteiger partial charge < -0.3 is 0 Å². The van der Waals surface area contributed by atoms with Crippen LogP contribution in [0.25, 0.3) is 0 Å². The van der Waals surface area contributed by atoms with Crippen molar-refractivity contribution in [1.82, 2.24) is 0 Å². The zero-order valence-electron chi connectivity index (χ0n) is 13.0. The first-order valence-electron chi connectivity index (χ1n) is 7.20. The Hall–Kier alpha value is -0.770. The minimum absolute atomic E-state index is 0.171. The van der Waals surface area contributed by atoms with Crippen LogP contribution in [0, 0.1) is 33.5 Å². The van der Waals surface area contributed by atoms with E-state index in [4.69, 9.17) is 0 Å². The first-order chi connectivity index (χ1) is 8.08. The standard InChI is InChI=1S/C17H29N/c1-15(2,3)11-12-17(13-18)9-7-14(8-10-17)16(4,5)6/h11-12,14H,7-10H2,1-6H3/b12-11-. The smallest absolute Gasteiger partial charge is 0.0754 e. The minimum Gasteiger partial charge on any atom is -0.197 e. The molecule has 1 aliphatic carbocycles. The lowest BCUT2D eigenvalue weighted by molar-refractivity contribution is 0.141. The quantitative estimate of drug-likeness (QED) is 0.574. The van der Waals surface area contributed by atoms with Gasteiger partial charge in [-0.05, 0) is 42.4 Å². The zero-order valence-corrected chi connectivity index (χ0v) is 13.0. The Morgan fingerprint density at radius 3 is 1.89 bits per heavy atom. The molecule has 0 aromatic heterocycles. The second kappa shape index (κ2) is 5.08. The van der Waals surface area contributed by atoms with Gasteiger partial charge in [-0.25, -0.2) is 0 Å². The summed E-state index contributed by atoms with van der Waals surface area (Å²) < 4.78 is 0. The van der Waals surface area contributed by atoms with Crippen LogP contribution in [-0.2, 0) is 0 Å². The fourth-order valence-corrected chi connectivity index (χ4v) is 2.72. The highest BCUT2D eigenvalue weighted by Crippen LogP contribution is 2.46. The van der Waals surface area contributed by atoms with Crippen molar-refractivity contribution >= 4 is 0 Å². The maximum absolute atomic E-state index is 9.53. The maximum atomic E-state index is 9.53. The van der Waals surface area contributed by atoms with Crippen molar-refractivity contribution in [1.29, 1.82) is 5.26 Å². The summed E-state index contributed by atoms with van der Waals surface area (Å²) in [5.74, 6) is 0.766. The first-order valence-corrected chi connectivity index (χ1v) is 7.20. The number of nitriles is 1. The van der Waals surface area contributed by atoms with Crippen molar-refractivity contribution in [2.75, 3.05) is 0 Å². The van der Waals surface area contributed by atoms with Crippen LogP contribution in [-0.4, -0.2) is 0 Å². The van der Waals surface area contributed by atoms with Crippen LogP contribution in [0.4, 0.5) is 0 Å². The molecule has 1 rings (SSSR count). The first kappa shape index (κ1) is 15.3. The molecule has 0 unspecified atom stereocenters. The third kappa shape index (κ3) is 4.16. The van der Waals surface area contributed by atoms with Gasteiger partial charge in [0.05, 0.1) is 11.5 Å². The van der Waals surface area contributed by atoms with Crippen LogP contribution >= 0.6 is 0 Å². The largest absolute Gasteiger partial charge is 0.197 e. The summed E-state index contributed by atoms with van der Waals surface area (Å²) in [6, 6.07) is 2.58. The molecule has 0 amide bonds. The highest BCUT2D eigenvalue weighted by Gasteiger charge is 2.37. The van der Waals surface area contributed by atoms with E-state index in [1.54, 1.807) is 0 Å².